The molecule has 0 spiro atoms. The predicted molar refractivity (Wildman–Crippen MR) is 103 cm³/mol. The number of fused-ring (bicyclic) bond motifs is 2. The third-order valence-electron chi connectivity index (χ3n) is 5.40. The molecule has 0 aliphatic heterocycles. The van der Waals surface area contributed by atoms with E-state index in [1.165, 1.54) is 57.1 Å². The summed E-state index contributed by atoms with van der Waals surface area (Å²) in [4.78, 5) is 10.0. The van der Waals surface area contributed by atoms with E-state index in [0.29, 0.717) is 0 Å². The summed E-state index contributed by atoms with van der Waals surface area (Å²) in [6.45, 7) is 4.57. The SMILES string of the molecule is CCCCCC1(CCCCC)CC=Cc2nc3ccccc3nc21. The van der Waals surface area contributed by atoms with Crippen molar-refractivity contribution in [2.45, 2.75) is 77.0 Å². The van der Waals surface area contributed by atoms with Crippen LogP contribution in [0, 0.1) is 0 Å². The third-order valence-corrected chi connectivity index (χ3v) is 5.40. The maximum atomic E-state index is 5.11. The van der Waals surface area contributed by atoms with E-state index in [9.17, 15) is 0 Å². The number of nitrogens with zero attached hydrogens (tertiary/aromatic N) is 2. The van der Waals surface area contributed by atoms with E-state index in [4.69, 9.17) is 9.97 Å². The molecule has 2 aromatic rings. The monoisotopic (exact) mass is 322 g/mol. The van der Waals surface area contributed by atoms with E-state index in [0.717, 1.165) is 23.1 Å². The molecule has 1 aromatic heterocycles. The minimum absolute atomic E-state index is 0.200. The van der Waals surface area contributed by atoms with Crippen molar-refractivity contribution in [1.29, 1.82) is 0 Å². The maximum absolute atomic E-state index is 5.11. The van der Waals surface area contributed by atoms with Crippen molar-refractivity contribution in [1.82, 2.24) is 9.97 Å². The number of rotatable bonds is 8. The minimum Gasteiger partial charge on any atom is -0.248 e. The summed E-state index contributed by atoms with van der Waals surface area (Å²) in [5, 5.41) is 0. The lowest BCUT2D eigenvalue weighted by Gasteiger charge is -2.36. The zero-order valence-electron chi connectivity index (χ0n) is 15.2. The number of hydrogen-bond donors (Lipinski definition) is 0. The zero-order valence-corrected chi connectivity index (χ0v) is 15.2. The molecular formula is C22H30N2. The molecule has 0 fully saturated rings. The molecule has 128 valence electrons. The van der Waals surface area contributed by atoms with Gasteiger partial charge in [-0.1, -0.05) is 70.6 Å². The first-order chi connectivity index (χ1) is 11.8. The van der Waals surface area contributed by atoms with Crippen LogP contribution in [0.4, 0.5) is 0 Å². The first kappa shape index (κ1) is 17.1. The van der Waals surface area contributed by atoms with Crippen LogP contribution in [0.3, 0.4) is 0 Å². The molecule has 0 saturated heterocycles. The highest BCUT2D eigenvalue weighted by Crippen LogP contribution is 2.43. The Balaban J connectivity index is 1.99. The Morgan fingerprint density at radius 1 is 0.875 bits per heavy atom. The lowest BCUT2D eigenvalue weighted by atomic mass is 9.70. The summed E-state index contributed by atoms with van der Waals surface area (Å²) in [5.74, 6) is 0. The van der Waals surface area contributed by atoms with Crippen LogP contribution in [0.15, 0.2) is 30.3 Å². The molecule has 1 aliphatic carbocycles. The van der Waals surface area contributed by atoms with Crippen LogP contribution < -0.4 is 0 Å². The Labute approximate surface area is 146 Å². The standard InChI is InChI=1S/C22H30N2/c1-3-5-9-15-22(16-10-6-4-2)17-11-14-20-21(22)24-19-13-8-7-12-18(19)23-20/h7-8,11-14H,3-6,9-10,15-17H2,1-2H3. The molecule has 24 heavy (non-hydrogen) atoms. The van der Waals surface area contributed by atoms with Gasteiger partial charge in [-0.25, -0.2) is 9.97 Å². The Bertz CT molecular complexity index is 692. The zero-order chi connectivity index (χ0) is 16.8. The number of benzene rings is 1. The normalized spacial score (nSPS) is 15.6. The largest absolute Gasteiger partial charge is 0.248 e. The molecule has 1 aliphatic rings. The lowest BCUT2D eigenvalue weighted by molar-refractivity contribution is 0.327. The van der Waals surface area contributed by atoms with Crippen LogP contribution in [0.2, 0.25) is 0 Å². The molecule has 0 amide bonds. The highest BCUT2D eigenvalue weighted by molar-refractivity contribution is 5.76. The van der Waals surface area contributed by atoms with Crippen molar-refractivity contribution < 1.29 is 0 Å². The van der Waals surface area contributed by atoms with Crippen molar-refractivity contribution in [2.75, 3.05) is 0 Å². The van der Waals surface area contributed by atoms with Gasteiger partial charge in [-0.3, -0.25) is 0 Å². The molecule has 0 unspecified atom stereocenters. The second-order valence-electron chi connectivity index (χ2n) is 7.25. The highest BCUT2D eigenvalue weighted by atomic mass is 14.8. The van der Waals surface area contributed by atoms with Gasteiger partial charge in [-0.2, -0.15) is 0 Å². The van der Waals surface area contributed by atoms with E-state index in [1.807, 2.05) is 6.07 Å². The van der Waals surface area contributed by atoms with Gasteiger partial charge in [0.1, 0.15) is 0 Å². The van der Waals surface area contributed by atoms with Crippen molar-refractivity contribution in [3.63, 3.8) is 0 Å². The molecule has 3 rings (SSSR count). The minimum atomic E-state index is 0.200. The molecule has 0 atom stereocenters. The van der Waals surface area contributed by atoms with Crippen LogP contribution >= 0.6 is 0 Å². The van der Waals surface area contributed by atoms with Gasteiger partial charge in [0.2, 0.25) is 0 Å². The van der Waals surface area contributed by atoms with Gasteiger partial charge in [-0.05, 0) is 37.5 Å². The Morgan fingerprint density at radius 3 is 2.12 bits per heavy atom. The summed E-state index contributed by atoms with van der Waals surface area (Å²) in [7, 11) is 0. The van der Waals surface area contributed by atoms with Gasteiger partial charge in [0.25, 0.3) is 0 Å². The second kappa shape index (κ2) is 7.92. The van der Waals surface area contributed by atoms with Gasteiger partial charge >= 0.3 is 0 Å². The average molecular weight is 322 g/mol. The predicted octanol–water partition coefficient (Wildman–Crippen LogP) is 6.45. The molecule has 0 N–H and O–H groups in total. The van der Waals surface area contributed by atoms with Gasteiger partial charge in [-0.15, -0.1) is 0 Å². The van der Waals surface area contributed by atoms with Crippen LogP contribution in [0.25, 0.3) is 17.1 Å². The maximum Gasteiger partial charge on any atom is 0.0894 e. The van der Waals surface area contributed by atoms with Crippen molar-refractivity contribution >= 4 is 17.1 Å². The third kappa shape index (κ3) is 3.53. The second-order valence-corrected chi connectivity index (χ2v) is 7.25. The molecule has 2 heteroatoms. The highest BCUT2D eigenvalue weighted by Gasteiger charge is 2.36. The van der Waals surface area contributed by atoms with E-state index in [-0.39, 0.29) is 5.41 Å². The van der Waals surface area contributed by atoms with E-state index >= 15 is 0 Å². The van der Waals surface area contributed by atoms with Crippen LogP contribution in [0.1, 0.15) is 83.0 Å². The summed E-state index contributed by atoms with van der Waals surface area (Å²) in [5.41, 5.74) is 4.62. The van der Waals surface area contributed by atoms with Crippen molar-refractivity contribution in [3.05, 3.63) is 41.7 Å². The van der Waals surface area contributed by atoms with Crippen LogP contribution in [0.5, 0.6) is 0 Å². The molecule has 1 heterocycles. The van der Waals surface area contributed by atoms with Crippen LogP contribution in [-0.4, -0.2) is 9.97 Å². The summed E-state index contributed by atoms with van der Waals surface area (Å²) >= 11 is 0. The number of aromatic nitrogens is 2. The molecule has 0 saturated carbocycles. The number of allylic oxidation sites excluding steroid dienone is 1. The number of para-hydroxylation sites is 2. The summed E-state index contributed by atoms with van der Waals surface area (Å²) in [6, 6.07) is 8.29. The lowest BCUT2D eigenvalue weighted by Crippen LogP contribution is -2.30. The molecule has 1 aromatic carbocycles. The fraction of sp³-hybridized carbons (Fsp3) is 0.545. The number of hydrogen-bond acceptors (Lipinski definition) is 2. The molecule has 0 radical (unpaired) electrons. The molecule has 2 nitrogen and oxygen atoms in total. The topological polar surface area (TPSA) is 25.8 Å². The Kier molecular flexibility index (Phi) is 5.65. The van der Waals surface area contributed by atoms with Gasteiger partial charge in [0.05, 0.1) is 22.4 Å². The summed E-state index contributed by atoms with van der Waals surface area (Å²) < 4.78 is 0. The van der Waals surface area contributed by atoms with Gasteiger partial charge in [0.15, 0.2) is 0 Å². The summed E-state index contributed by atoms with van der Waals surface area (Å²) in [6.07, 6.45) is 15.9. The smallest absolute Gasteiger partial charge is 0.0894 e. The first-order valence-electron chi connectivity index (χ1n) is 9.73. The first-order valence-corrected chi connectivity index (χ1v) is 9.73. The van der Waals surface area contributed by atoms with Crippen molar-refractivity contribution in [3.8, 4) is 0 Å². The van der Waals surface area contributed by atoms with E-state index < -0.39 is 0 Å². The fourth-order valence-corrected chi connectivity index (χ4v) is 4.01. The van der Waals surface area contributed by atoms with Gasteiger partial charge < -0.3 is 0 Å². The quantitative estimate of drug-likeness (QED) is 0.522. The van der Waals surface area contributed by atoms with Gasteiger partial charge in [0, 0.05) is 5.41 Å². The van der Waals surface area contributed by atoms with Crippen LogP contribution in [-0.2, 0) is 5.41 Å². The number of unbranched alkanes of at least 4 members (excludes halogenated alkanes) is 4. The Hall–Kier alpha value is -1.70. The Morgan fingerprint density at radius 2 is 1.50 bits per heavy atom. The van der Waals surface area contributed by atoms with Crippen molar-refractivity contribution in [2.24, 2.45) is 0 Å². The molecule has 0 bridgehead atoms. The molecular weight excluding hydrogens is 292 g/mol. The van der Waals surface area contributed by atoms with E-state index in [2.05, 4.69) is 44.2 Å². The average Bonchev–Trinajstić information content (AvgIpc) is 2.61. The van der Waals surface area contributed by atoms with E-state index in [1.54, 1.807) is 0 Å². The fourth-order valence-electron chi connectivity index (χ4n) is 4.01.